The van der Waals surface area contributed by atoms with Gasteiger partial charge in [0.2, 0.25) is 5.91 Å². The van der Waals surface area contributed by atoms with Gasteiger partial charge in [-0.1, -0.05) is 48.5 Å². The molecular weight excluding hydrogens is 388 g/mol. The number of ether oxygens (including phenoxy) is 2. The average molecular weight is 423 g/mol. The lowest BCUT2D eigenvalue weighted by molar-refractivity contribution is -0.129. The van der Waals surface area contributed by atoms with E-state index < -0.39 is 0 Å². The summed E-state index contributed by atoms with van der Waals surface area (Å²) in [7, 11) is 6.06. The molecule has 2 aromatic carbocycles. The molecule has 4 atom stereocenters. The third-order valence-electron chi connectivity index (χ3n) is 6.96. The van der Waals surface area contributed by atoms with Crippen molar-refractivity contribution < 1.29 is 14.3 Å². The van der Waals surface area contributed by atoms with E-state index in [0.29, 0.717) is 30.9 Å². The minimum absolute atomic E-state index is 0.195. The second-order valence-electron chi connectivity index (χ2n) is 9.15. The molecule has 1 aliphatic carbocycles. The molecule has 31 heavy (non-hydrogen) atoms. The Morgan fingerprint density at radius 3 is 2.39 bits per heavy atom. The summed E-state index contributed by atoms with van der Waals surface area (Å²) >= 11 is 0. The van der Waals surface area contributed by atoms with E-state index in [2.05, 4.69) is 23.9 Å². The highest BCUT2D eigenvalue weighted by Gasteiger charge is 2.44. The molecule has 1 saturated carbocycles. The maximum atomic E-state index is 13.2. The van der Waals surface area contributed by atoms with Crippen LogP contribution in [0.5, 0.6) is 5.75 Å². The van der Waals surface area contributed by atoms with Gasteiger partial charge in [-0.15, -0.1) is 0 Å². The normalized spacial score (nSPS) is 25.5. The van der Waals surface area contributed by atoms with Crippen LogP contribution in [0.2, 0.25) is 0 Å². The molecular formula is C26H34N2O3. The van der Waals surface area contributed by atoms with Crippen molar-refractivity contribution in [3.05, 3.63) is 65.7 Å². The van der Waals surface area contributed by atoms with Crippen molar-refractivity contribution in [2.45, 2.75) is 38.0 Å². The predicted octanol–water partition coefficient (Wildman–Crippen LogP) is 3.62. The zero-order valence-electron chi connectivity index (χ0n) is 18.9. The van der Waals surface area contributed by atoms with Crippen LogP contribution in [-0.2, 0) is 22.6 Å². The smallest absolute Gasteiger partial charge is 0.227 e. The first-order valence-corrected chi connectivity index (χ1v) is 11.3. The first-order valence-electron chi connectivity index (χ1n) is 11.3. The molecule has 1 heterocycles. The van der Waals surface area contributed by atoms with E-state index in [4.69, 9.17) is 9.47 Å². The monoisotopic (exact) mass is 422 g/mol. The van der Waals surface area contributed by atoms with E-state index >= 15 is 0 Å². The molecule has 5 heteroatoms. The number of likely N-dealkylation sites (tertiary alicyclic amines) is 1. The number of likely N-dealkylation sites (N-methyl/N-ethyl adjacent to an activating group) is 1. The van der Waals surface area contributed by atoms with Gasteiger partial charge in [0.15, 0.2) is 0 Å². The molecule has 1 amide bonds. The maximum Gasteiger partial charge on any atom is 0.227 e. The molecule has 4 rings (SSSR count). The Labute approximate surface area is 185 Å². The lowest BCUT2D eigenvalue weighted by Gasteiger charge is -2.40. The van der Waals surface area contributed by atoms with Crippen LogP contribution in [0.15, 0.2) is 54.6 Å². The van der Waals surface area contributed by atoms with Crippen LogP contribution in [0.3, 0.4) is 0 Å². The number of benzene rings is 2. The highest BCUT2D eigenvalue weighted by Crippen LogP contribution is 2.39. The first-order chi connectivity index (χ1) is 15.0. The summed E-state index contributed by atoms with van der Waals surface area (Å²) in [5.74, 6) is 2.09. The fourth-order valence-electron chi connectivity index (χ4n) is 5.19. The summed E-state index contributed by atoms with van der Waals surface area (Å²) in [6.07, 6.45) is 2.76. The highest BCUT2D eigenvalue weighted by molar-refractivity contribution is 5.79. The number of rotatable bonds is 7. The van der Waals surface area contributed by atoms with E-state index in [9.17, 15) is 4.79 Å². The minimum Gasteiger partial charge on any atom is -0.489 e. The Bertz CT molecular complexity index is 870. The summed E-state index contributed by atoms with van der Waals surface area (Å²) in [5, 5.41) is 0. The van der Waals surface area contributed by atoms with Gasteiger partial charge >= 0.3 is 0 Å². The van der Waals surface area contributed by atoms with Crippen LogP contribution in [0.25, 0.3) is 0 Å². The van der Waals surface area contributed by atoms with Crippen molar-refractivity contribution in [3.8, 4) is 5.75 Å². The van der Waals surface area contributed by atoms with Gasteiger partial charge in [0.25, 0.3) is 0 Å². The van der Waals surface area contributed by atoms with Gasteiger partial charge in [-0.2, -0.15) is 0 Å². The standard InChI is InChI=1S/C26H34N2O3/c1-27(2)23-13-21-16-28(17-22(21)14-25(23)30-3)26(29)15-20-11-7-8-12-24(20)31-18-19-9-5-4-6-10-19/h4-12,21-23,25H,13-18H2,1-3H3/t21-,22+,23-,25-/m1/s1. The van der Waals surface area contributed by atoms with E-state index in [0.717, 1.165) is 42.8 Å². The first kappa shape index (κ1) is 21.8. The molecule has 0 bridgehead atoms. The van der Waals surface area contributed by atoms with Gasteiger partial charge < -0.3 is 19.3 Å². The summed E-state index contributed by atoms with van der Waals surface area (Å²) in [6.45, 7) is 2.21. The number of amides is 1. The van der Waals surface area contributed by atoms with Gasteiger partial charge in [-0.25, -0.2) is 0 Å². The van der Waals surface area contributed by atoms with Gasteiger partial charge in [-0.05, 0) is 50.4 Å². The number of fused-ring (bicyclic) bond motifs is 1. The van der Waals surface area contributed by atoms with Crippen molar-refractivity contribution in [3.63, 3.8) is 0 Å². The Morgan fingerprint density at radius 2 is 1.68 bits per heavy atom. The van der Waals surface area contributed by atoms with Gasteiger partial charge in [0.1, 0.15) is 12.4 Å². The summed E-state index contributed by atoms with van der Waals surface area (Å²) < 4.78 is 11.8. The molecule has 2 aliphatic rings. The van der Waals surface area contributed by atoms with Crippen molar-refractivity contribution in [2.75, 3.05) is 34.3 Å². The van der Waals surface area contributed by atoms with Crippen LogP contribution >= 0.6 is 0 Å². The fourth-order valence-corrected chi connectivity index (χ4v) is 5.19. The second kappa shape index (κ2) is 9.84. The van der Waals surface area contributed by atoms with Crippen molar-refractivity contribution in [1.29, 1.82) is 0 Å². The molecule has 2 aromatic rings. The van der Waals surface area contributed by atoms with Crippen molar-refractivity contribution in [2.24, 2.45) is 11.8 Å². The summed E-state index contributed by atoms with van der Waals surface area (Å²) in [6, 6.07) is 18.4. The van der Waals surface area contributed by atoms with Crippen LogP contribution in [-0.4, -0.2) is 62.1 Å². The molecule has 0 N–H and O–H groups in total. The van der Waals surface area contributed by atoms with Gasteiger partial charge in [0, 0.05) is 31.8 Å². The van der Waals surface area contributed by atoms with Crippen LogP contribution in [0.1, 0.15) is 24.0 Å². The zero-order valence-corrected chi connectivity index (χ0v) is 18.9. The SMILES string of the molecule is CO[C@@H]1C[C@H]2CN(C(=O)Cc3ccccc3OCc3ccccc3)C[C@H]2C[C@H]1N(C)C. The Morgan fingerprint density at radius 1 is 1.00 bits per heavy atom. The Balaban J connectivity index is 1.38. The molecule has 2 fully saturated rings. The molecule has 0 radical (unpaired) electrons. The number of carbonyl (C=O) groups is 1. The number of hydrogen-bond acceptors (Lipinski definition) is 4. The number of methoxy groups -OCH3 is 1. The minimum atomic E-state index is 0.195. The topological polar surface area (TPSA) is 42.0 Å². The van der Waals surface area contributed by atoms with Crippen LogP contribution in [0, 0.1) is 11.8 Å². The average Bonchev–Trinajstić information content (AvgIpc) is 3.21. The second-order valence-corrected chi connectivity index (χ2v) is 9.15. The van der Waals surface area contributed by atoms with Gasteiger partial charge in [0.05, 0.1) is 12.5 Å². The van der Waals surface area contributed by atoms with Crippen LogP contribution in [0.4, 0.5) is 0 Å². The molecule has 0 aromatic heterocycles. The highest BCUT2D eigenvalue weighted by atomic mass is 16.5. The van der Waals surface area contributed by atoms with Crippen LogP contribution < -0.4 is 4.74 Å². The molecule has 166 valence electrons. The zero-order chi connectivity index (χ0) is 21.8. The Kier molecular flexibility index (Phi) is 6.93. The van der Waals surface area contributed by atoms with E-state index in [1.807, 2.05) is 61.7 Å². The molecule has 1 aliphatic heterocycles. The molecule has 1 saturated heterocycles. The lowest BCUT2D eigenvalue weighted by atomic mass is 9.77. The van der Waals surface area contributed by atoms with Crippen molar-refractivity contribution in [1.82, 2.24) is 9.80 Å². The lowest BCUT2D eigenvalue weighted by Crippen LogP contribution is -2.47. The fraction of sp³-hybridized carbons (Fsp3) is 0.500. The summed E-state index contributed by atoms with van der Waals surface area (Å²) in [4.78, 5) is 17.5. The third-order valence-corrected chi connectivity index (χ3v) is 6.96. The number of para-hydroxylation sites is 1. The summed E-state index contributed by atoms with van der Waals surface area (Å²) in [5.41, 5.74) is 2.08. The predicted molar refractivity (Wildman–Crippen MR) is 122 cm³/mol. The third kappa shape index (κ3) is 5.10. The number of nitrogens with zero attached hydrogens (tertiary/aromatic N) is 2. The quantitative estimate of drug-likeness (QED) is 0.684. The Hall–Kier alpha value is -2.37. The van der Waals surface area contributed by atoms with Gasteiger partial charge in [-0.3, -0.25) is 4.79 Å². The molecule has 5 nitrogen and oxygen atoms in total. The molecule has 0 spiro atoms. The number of hydrogen-bond donors (Lipinski definition) is 0. The van der Waals surface area contributed by atoms with E-state index in [1.54, 1.807) is 0 Å². The number of carbonyl (C=O) groups excluding carboxylic acids is 1. The van der Waals surface area contributed by atoms with E-state index in [-0.39, 0.29) is 12.0 Å². The van der Waals surface area contributed by atoms with E-state index in [1.165, 1.54) is 0 Å². The molecule has 0 unspecified atom stereocenters. The van der Waals surface area contributed by atoms with Crippen molar-refractivity contribution >= 4 is 5.91 Å². The largest absolute Gasteiger partial charge is 0.489 e. The maximum absolute atomic E-state index is 13.2.